The fraction of sp³-hybridized carbons (Fsp3) is 0.889. The zero-order chi connectivity index (χ0) is 10.3. The molecule has 1 amide bonds. The van der Waals surface area contributed by atoms with E-state index in [0.29, 0.717) is 6.42 Å². The van der Waals surface area contributed by atoms with E-state index >= 15 is 0 Å². The minimum atomic E-state index is -0.436. The summed E-state index contributed by atoms with van der Waals surface area (Å²) in [5.74, 6) is -0.171. The lowest BCUT2D eigenvalue weighted by atomic mass is 10.1. The van der Waals surface area contributed by atoms with Crippen LogP contribution in [0.5, 0.6) is 0 Å². The van der Waals surface area contributed by atoms with E-state index in [-0.39, 0.29) is 18.6 Å². The van der Waals surface area contributed by atoms with Crippen LogP contribution in [0, 0.1) is 0 Å². The molecule has 4 N–H and O–H groups in total. The monoisotopic (exact) mass is 188 g/mol. The molecule has 13 heavy (non-hydrogen) atoms. The van der Waals surface area contributed by atoms with E-state index < -0.39 is 6.04 Å². The van der Waals surface area contributed by atoms with Gasteiger partial charge in [-0.1, -0.05) is 19.8 Å². The van der Waals surface area contributed by atoms with Crippen LogP contribution < -0.4 is 11.1 Å². The van der Waals surface area contributed by atoms with E-state index in [0.717, 1.165) is 12.8 Å². The van der Waals surface area contributed by atoms with Crippen molar-refractivity contribution in [2.24, 2.45) is 5.73 Å². The molecule has 0 aromatic carbocycles. The molecule has 0 rings (SSSR count). The Bertz CT molecular complexity index is 151. The fourth-order valence-corrected chi connectivity index (χ4v) is 0.951. The number of aliphatic hydroxyl groups is 1. The molecule has 0 aliphatic carbocycles. The number of nitrogens with two attached hydrogens (primary N) is 1. The summed E-state index contributed by atoms with van der Waals surface area (Å²) < 4.78 is 0. The van der Waals surface area contributed by atoms with E-state index in [4.69, 9.17) is 10.8 Å². The van der Waals surface area contributed by atoms with Crippen molar-refractivity contribution in [1.82, 2.24) is 5.32 Å². The second-order valence-electron chi connectivity index (χ2n) is 3.34. The van der Waals surface area contributed by atoms with Crippen molar-refractivity contribution in [3.8, 4) is 0 Å². The van der Waals surface area contributed by atoms with Crippen molar-refractivity contribution in [1.29, 1.82) is 0 Å². The van der Waals surface area contributed by atoms with Gasteiger partial charge in [-0.05, 0) is 13.3 Å². The van der Waals surface area contributed by atoms with Crippen molar-refractivity contribution in [2.45, 2.75) is 45.2 Å². The van der Waals surface area contributed by atoms with Crippen LogP contribution in [-0.4, -0.2) is 29.7 Å². The van der Waals surface area contributed by atoms with Crippen LogP contribution >= 0.6 is 0 Å². The molecule has 0 aromatic heterocycles. The normalized spacial score (nSPS) is 15.1. The van der Waals surface area contributed by atoms with Gasteiger partial charge in [0.2, 0.25) is 5.91 Å². The van der Waals surface area contributed by atoms with Crippen molar-refractivity contribution < 1.29 is 9.90 Å². The van der Waals surface area contributed by atoms with Crippen LogP contribution in [0.15, 0.2) is 0 Å². The third-order valence-electron chi connectivity index (χ3n) is 1.87. The number of aliphatic hydroxyl groups excluding tert-OH is 1. The van der Waals surface area contributed by atoms with E-state index in [9.17, 15) is 4.79 Å². The first kappa shape index (κ1) is 12.4. The van der Waals surface area contributed by atoms with Gasteiger partial charge in [-0.2, -0.15) is 0 Å². The van der Waals surface area contributed by atoms with Crippen molar-refractivity contribution >= 4 is 5.91 Å². The van der Waals surface area contributed by atoms with Gasteiger partial charge in [-0.3, -0.25) is 4.79 Å². The Morgan fingerprint density at radius 3 is 2.69 bits per heavy atom. The third kappa shape index (κ3) is 5.60. The third-order valence-corrected chi connectivity index (χ3v) is 1.87. The molecule has 0 bridgehead atoms. The maximum absolute atomic E-state index is 11.3. The molecular formula is C9H20N2O2. The van der Waals surface area contributed by atoms with Crippen molar-refractivity contribution in [3.05, 3.63) is 0 Å². The van der Waals surface area contributed by atoms with Gasteiger partial charge in [0, 0.05) is 6.04 Å². The smallest absolute Gasteiger partial charge is 0.237 e. The number of carbonyl (C=O) groups is 1. The molecule has 0 aliphatic heterocycles. The molecule has 4 heteroatoms. The van der Waals surface area contributed by atoms with Gasteiger partial charge < -0.3 is 16.2 Å². The molecule has 1 unspecified atom stereocenters. The molecule has 2 atom stereocenters. The largest absolute Gasteiger partial charge is 0.394 e. The van der Waals surface area contributed by atoms with Crippen LogP contribution in [0.4, 0.5) is 0 Å². The average molecular weight is 188 g/mol. The summed E-state index contributed by atoms with van der Waals surface area (Å²) in [5.41, 5.74) is 5.61. The molecular weight excluding hydrogens is 168 g/mol. The Labute approximate surface area is 79.5 Å². The molecule has 0 radical (unpaired) electrons. The Hall–Kier alpha value is -0.610. The van der Waals surface area contributed by atoms with Gasteiger partial charge in [-0.25, -0.2) is 0 Å². The van der Waals surface area contributed by atoms with Gasteiger partial charge in [0.25, 0.3) is 0 Å². The summed E-state index contributed by atoms with van der Waals surface area (Å²) >= 11 is 0. The topological polar surface area (TPSA) is 75.4 Å². The molecule has 0 aromatic rings. The predicted molar refractivity (Wildman–Crippen MR) is 52.2 cm³/mol. The standard InChI is InChI=1S/C9H20N2O2/c1-3-4-5-8(10)9(13)11-7(2)6-12/h7-8,12H,3-6,10H2,1-2H3,(H,11,13)/t7?,8-/m0/s1. The quantitative estimate of drug-likeness (QED) is 0.549. The summed E-state index contributed by atoms with van der Waals surface area (Å²) in [6.07, 6.45) is 2.71. The average Bonchev–Trinajstić information content (AvgIpc) is 2.13. The summed E-state index contributed by atoms with van der Waals surface area (Å²) in [6, 6.07) is -0.644. The SMILES string of the molecule is CCCC[C@H](N)C(=O)NC(C)CO. The molecule has 0 saturated heterocycles. The number of nitrogens with one attached hydrogen (secondary N) is 1. The van der Waals surface area contributed by atoms with Gasteiger partial charge in [0.1, 0.15) is 0 Å². The van der Waals surface area contributed by atoms with Crippen LogP contribution in [-0.2, 0) is 4.79 Å². The first-order chi connectivity index (χ1) is 6.11. The zero-order valence-corrected chi connectivity index (χ0v) is 8.42. The molecule has 4 nitrogen and oxygen atoms in total. The highest BCUT2D eigenvalue weighted by Crippen LogP contribution is 1.98. The number of hydrogen-bond acceptors (Lipinski definition) is 3. The van der Waals surface area contributed by atoms with E-state index in [1.165, 1.54) is 0 Å². The Balaban J connectivity index is 3.68. The lowest BCUT2D eigenvalue weighted by molar-refractivity contribution is -0.123. The summed E-state index contributed by atoms with van der Waals surface area (Å²) in [4.78, 5) is 11.3. The van der Waals surface area contributed by atoms with Gasteiger partial charge >= 0.3 is 0 Å². The van der Waals surface area contributed by atoms with Crippen LogP contribution in [0.1, 0.15) is 33.1 Å². The number of rotatable bonds is 6. The van der Waals surface area contributed by atoms with Gasteiger partial charge in [-0.15, -0.1) is 0 Å². The minimum Gasteiger partial charge on any atom is -0.394 e. The van der Waals surface area contributed by atoms with Gasteiger partial charge in [0.15, 0.2) is 0 Å². The van der Waals surface area contributed by atoms with Gasteiger partial charge in [0.05, 0.1) is 12.6 Å². The summed E-state index contributed by atoms with van der Waals surface area (Å²) in [6.45, 7) is 3.75. The van der Waals surface area contributed by atoms with Crippen LogP contribution in [0.3, 0.4) is 0 Å². The van der Waals surface area contributed by atoms with E-state index in [2.05, 4.69) is 12.2 Å². The second-order valence-corrected chi connectivity index (χ2v) is 3.34. The lowest BCUT2D eigenvalue weighted by Gasteiger charge is -2.15. The highest BCUT2D eigenvalue weighted by Gasteiger charge is 2.14. The van der Waals surface area contributed by atoms with Crippen molar-refractivity contribution in [2.75, 3.05) is 6.61 Å². The summed E-state index contributed by atoms with van der Waals surface area (Å²) in [7, 11) is 0. The Kier molecular flexibility index (Phi) is 6.54. The Morgan fingerprint density at radius 2 is 2.23 bits per heavy atom. The maximum atomic E-state index is 11.3. The zero-order valence-electron chi connectivity index (χ0n) is 8.42. The highest BCUT2D eigenvalue weighted by molar-refractivity contribution is 5.81. The van der Waals surface area contributed by atoms with E-state index in [1.54, 1.807) is 6.92 Å². The van der Waals surface area contributed by atoms with Crippen LogP contribution in [0.2, 0.25) is 0 Å². The number of hydrogen-bond donors (Lipinski definition) is 3. The first-order valence-corrected chi connectivity index (χ1v) is 4.78. The molecule has 0 spiro atoms. The molecule has 0 saturated carbocycles. The number of unbranched alkanes of at least 4 members (excludes halogenated alkanes) is 1. The molecule has 0 fully saturated rings. The second kappa shape index (κ2) is 6.86. The molecule has 78 valence electrons. The number of carbonyl (C=O) groups excluding carboxylic acids is 1. The van der Waals surface area contributed by atoms with Crippen LogP contribution in [0.25, 0.3) is 0 Å². The van der Waals surface area contributed by atoms with E-state index in [1.807, 2.05) is 0 Å². The maximum Gasteiger partial charge on any atom is 0.237 e. The van der Waals surface area contributed by atoms with Crippen molar-refractivity contribution in [3.63, 3.8) is 0 Å². The summed E-state index contributed by atoms with van der Waals surface area (Å²) in [5, 5.41) is 11.3. The fourth-order valence-electron chi connectivity index (χ4n) is 0.951. The highest BCUT2D eigenvalue weighted by atomic mass is 16.3. The molecule has 0 aliphatic rings. The molecule has 0 heterocycles. The Morgan fingerprint density at radius 1 is 1.62 bits per heavy atom. The lowest BCUT2D eigenvalue weighted by Crippen LogP contribution is -2.45. The predicted octanol–water partition coefficient (Wildman–Crippen LogP) is 0.000900. The first-order valence-electron chi connectivity index (χ1n) is 4.78. The number of amides is 1. The minimum absolute atomic E-state index is 0.0494.